The maximum Gasteiger partial charge on any atom is 0.358 e. The van der Waals surface area contributed by atoms with Gasteiger partial charge in [-0.25, -0.2) is 14.2 Å². The number of benzene rings is 1. The predicted octanol–water partition coefficient (Wildman–Crippen LogP) is 3.61. The van der Waals surface area contributed by atoms with Gasteiger partial charge >= 0.3 is 5.97 Å². The second-order valence-electron chi connectivity index (χ2n) is 4.28. The molecule has 5 nitrogen and oxygen atoms in total. The van der Waals surface area contributed by atoms with Crippen LogP contribution < -0.4 is 11.1 Å². The van der Waals surface area contributed by atoms with Gasteiger partial charge in [0, 0.05) is 12.6 Å². The van der Waals surface area contributed by atoms with Crippen molar-refractivity contribution in [2.75, 3.05) is 25.2 Å². The number of hydrogen-bond acceptors (Lipinski definition) is 5. The fourth-order valence-electron chi connectivity index (χ4n) is 1.90. The molecule has 0 fully saturated rings. The number of pyridine rings is 1. The van der Waals surface area contributed by atoms with Gasteiger partial charge in [-0.1, -0.05) is 23.2 Å². The molecule has 0 spiro atoms. The highest BCUT2D eigenvalue weighted by molar-refractivity contribution is 6.36. The molecule has 0 saturated heterocycles. The van der Waals surface area contributed by atoms with Gasteiger partial charge in [0.05, 0.1) is 34.2 Å². The van der Waals surface area contributed by atoms with Crippen molar-refractivity contribution in [3.05, 3.63) is 39.8 Å². The minimum absolute atomic E-state index is 0.0428. The number of hydrogen-bond donors (Lipinski definition) is 2. The Morgan fingerprint density at radius 2 is 2.09 bits per heavy atom. The first-order chi connectivity index (χ1) is 10.4. The van der Waals surface area contributed by atoms with Crippen LogP contribution in [-0.4, -0.2) is 25.1 Å². The zero-order valence-corrected chi connectivity index (χ0v) is 13.2. The van der Waals surface area contributed by atoms with E-state index in [1.165, 1.54) is 32.4 Å². The van der Waals surface area contributed by atoms with Crippen LogP contribution in [0.15, 0.2) is 18.2 Å². The highest BCUT2D eigenvalue weighted by Gasteiger charge is 2.20. The van der Waals surface area contributed by atoms with Crippen molar-refractivity contribution in [3.8, 4) is 11.3 Å². The smallest absolute Gasteiger partial charge is 0.358 e. The van der Waals surface area contributed by atoms with Crippen LogP contribution in [0.5, 0.6) is 0 Å². The lowest BCUT2D eigenvalue weighted by Crippen LogP contribution is -2.08. The summed E-state index contributed by atoms with van der Waals surface area (Å²) in [7, 11) is 2.72. The van der Waals surface area contributed by atoms with Gasteiger partial charge in [0.15, 0.2) is 11.5 Å². The Morgan fingerprint density at radius 1 is 1.41 bits per heavy atom. The van der Waals surface area contributed by atoms with Crippen molar-refractivity contribution in [1.29, 1.82) is 0 Å². The summed E-state index contributed by atoms with van der Waals surface area (Å²) < 4.78 is 19.1. The summed E-state index contributed by atoms with van der Waals surface area (Å²) in [4.78, 5) is 15.7. The molecule has 0 unspecified atom stereocenters. The normalized spacial score (nSPS) is 10.4. The number of nitrogens with two attached hydrogens (primary N) is 1. The lowest BCUT2D eigenvalue weighted by Gasteiger charge is -2.12. The van der Waals surface area contributed by atoms with Crippen LogP contribution in [0.2, 0.25) is 10.0 Å². The van der Waals surface area contributed by atoms with E-state index < -0.39 is 11.8 Å². The van der Waals surface area contributed by atoms with Crippen LogP contribution >= 0.6 is 23.2 Å². The average molecular weight is 344 g/mol. The number of ether oxygens (including phenoxy) is 1. The minimum Gasteiger partial charge on any atom is -0.464 e. The van der Waals surface area contributed by atoms with E-state index >= 15 is 0 Å². The van der Waals surface area contributed by atoms with Gasteiger partial charge in [-0.3, -0.25) is 0 Å². The van der Waals surface area contributed by atoms with E-state index in [0.717, 1.165) is 0 Å². The first-order valence-corrected chi connectivity index (χ1v) is 6.86. The van der Waals surface area contributed by atoms with Gasteiger partial charge in [-0.2, -0.15) is 0 Å². The van der Waals surface area contributed by atoms with Gasteiger partial charge in [-0.15, -0.1) is 0 Å². The Hall–Kier alpha value is -2.05. The van der Waals surface area contributed by atoms with E-state index in [9.17, 15) is 9.18 Å². The molecule has 22 heavy (non-hydrogen) atoms. The predicted molar refractivity (Wildman–Crippen MR) is 84.9 cm³/mol. The number of nitrogen functional groups attached to an aromatic ring is 1. The maximum absolute atomic E-state index is 14.5. The van der Waals surface area contributed by atoms with Gasteiger partial charge < -0.3 is 15.8 Å². The highest BCUT2D eigenvalue weighted by atomic mass is 35.5. The number of carbonyl (C=O) groups excluding carboxylic acids is 1. The molecular formula is C14H12Cl2FN3O2. The lowest BCUT2D eigenvalue weighted by atomic mass is 10.1. The Morgan fingerprint density at radius 3 is 2.68 bits per heavy atom. The quantitative estimate of drug-likeness (QED) is 0.832. The Balaban J connectivity index is 2.69. The summed E-state index contributed by atoms with van der Waals surface area (Å²) in [5.41, 5.74) is 6.06. The number of carbonyl (C=O) groups is 1. The van der Waals surface area contributed by atoms with E-state index in [2.05, 4.69) is 15.0 Å². The lowest BCUT2D eigenvalue weighted by molar-refractivity contribution is 0.0594. The van der Waals surface area contributed by atoms with E-state index in [1.807, 2.05) is 0 Å². The Bertz CT molecular complexity index is 753. The summed E-state index contributed by atoms with van der Waals surface area (Å²) in [6.07, 6.45) is 0. The molecular weight excluding hydrogens is 332 g/mol. The monoisotopic (exact) mass is 343 g/mol. The van der Waals surface area contributed by atoms with E-state index in [0.29, 0.717) is 0 Å². The molecule has 1 aromatic heterocycles. The van der Waals surface area contributed by atoms with E-state index in [-0.39, 0.29) is 38.4 Å². The molecule has 116 valence electrons. The topological polar surface area (TPSA) is 77.2 Å². The number of esters is 1. The zero-order chi connectivity index (χ0) is 16.4. The van der Waals surface area contributed by atoms with Gasteiger partial charge in [-0.05, 0) is 18.2 Å². The molecule has 3 N–H and O–H groups in total. The molecule has 2 aromatic rings. The number of nitrogens with zero attached hydrogens (tertiary/aromatic N) is 1. The average Bonchev–Trinajstić information content (AvgIpc) is 2.50. The standard InChI is InChI=1S/C14H12Cl2FN3O2/c1-19-12-7(15)4-3-6(11(12)17)9-5-8(18)10(16)13(20-9)14(21)22-2/h3-5,19H,1-2H3,(H2,18,20). The summed E-state index contributed by atoms with van der Waals surface area (Å²) >= 11 is 11.8. The molecule has 2 rings (SSSR count). The van der Waals surface area contributed by atoms with Crippen molar-refractivity contribution < 1.29 is 13.9 Å². The fraction of sp³-hybridized carbons (Fsp3) is 0.143. The van der Waals surface area contributed by atoms with Crippen LogP contribution in [-0.2, 0) is 4.74 Å². The molecule has 0 bridgehead atoms. The van der Waals surface area contributed by atoms with Gasteiger partial charge in [0.2, 0.25) is 0 Å². The molecule has 0 atom stereocenters. The number of nitrogens with one attached hydrogen (secondary N) is 1. The molecule has 0 amide bonds. The van der Waals surface area contributed by atoms with Crippen molar-refractivity contribution in [2.45, 2.75) is 0 Å². The Kier molecular flexibility index (Phi) is 4.73. The Labute approximate surface area is 136 Å². The SMILES string of the molecule is CNc1c(Cl)ccc(-c2cc(N)c(Cl)c(C(=O)OC)n2)c1F. The van der Waals surface area contributed by atoms with Gasteiger partial charge in [0.1, 0.15) is 0 Å². The maximum atomic E-state index is 14.5. The molecule has 0 aliphatic carbocycles. The summed E-state index contributed by atoms with van der Waals surface area (Å²) in [6, 6.07) is 4.33. The first-order valence-electron chi connectivity index (χ1n) is 6.11. The third-order valence-electron chi connectivity index (χ3n) is 2.98. The van der Waals surface area contributed by atoms with Crippen LogP contribution in [0.4, 0.5) is 15.8 Å². The molecule has 0 radical (unpaired) electrons. The molecule has 1 aromatic carbocycles. The van der Waals surface area contributed by atoms with Crippen LogP contribution in [0, 0.1) is 5.82 Å². The highest BCUT2D eigenvalue weighted by Crippen LogP contribution is 2.34. The first kappa shape index (κ1) is 16.3. The van der Waals surface area contributed by atoms with Crippen molar-refractivity contribution in [3.63, 3.8) is 0 Å². The van der Waals surface area contributed by atoms with Crippen LogP contribution in [0.1, 0.15) is 10.5 Å². The zero-order valence-electron chi connectivity index (χ0n) is 11.7. The summed E-state index contributed by atoms with van der Waals surface area (Å²) in [6.45, 7) is 0. The number of rotatable bonds is 3. The molecule has 0 aliphatic rings. The van der Waals surface area contributed by atoms with E-state index in [1.54, 1.807) is 0 Å². The summed E-state index contributed by atoms with van der Waals surface area (Å²) in [5, 5.41) is 2.84. The molecule has 0 saturated carbocycles. The van der Waals surface area contributed by atoms with Crippen LogP contribution in [0.3, 0.4) is 0 Å². The number of aromatic nitrogens is 1. The second-order valence-corrected chi connectivity index (χ2v) is 5.07. The number of methoxy groups -OCH3 is 1. The minimum atomic E-state index is -0.762. The third-order valence-corrected chi connectivity index (χ3v) is 3.69. The van der Waals surface area contributed by atoms with Crippen LogP contribution in [0.25, 0.3) is 11.3 Å². The van der Waals surface area contributed by atoms with Crippen molar-refractivity contribution >= 4 is 40.5 Å². The summed E-state index contributed by atoms with van der Waals surface area (Å²) in [5.74, 6) is -1.37. The largest absolute Gasteiger partial charge is 0.464 e. The van der Waals surface area contributed by atoms with Gasteiger partial charge in [0.25, 0.3) is 0 Å². The molecule has 8 heteroatoms. The molecule has 0 aliphatic heterocycles. The third kappa shape index (κ3) is 2.80. The van der Waals surface area contributed by atoms with Crippen molar-refractivity contribution in [1.82, 2.24) is 4.98 Å². The second kappa shape index (κ2) is 6.37. The van der Waals surface area contributed by atoms with Crippen molar-refractivity contribution in [2.24, 2.45) is 0 Å². The fourth-order valence-corrected chi connectivity index (χ4v) is 2.31. The number of halogens is 3. The molecule has 1 heterocycles. The van der Waals surface area contributed by atoms with E-state index in [4.69, 9.17) is 28.9 Å². The number of anilines is 2.